The Morgan fingerprint density at radius 1 is 1.37 bits per heavy atom. The minimum absolute atomic E-state index is 0.132. The molecular formula is C13H17FN2O3. The number of hydrogen-bond acceptors (Lipinski definition) is 3. The van der Waals surface area contributed by atoms with Crippen molar-refractivity contribution in [1.82, 2.24) is 4.90 Å². The van der Waals surface area contributed by atoms with Crippen LogP contribution in [0.2, 0.25) is 0 Å². The van der Waals surface area contributed by atoms with E-state index >= 15 is 0 Å². The van der Waals surface area contributed by atoms with Gasteiger partial charge in [-0.05, 0) is 18.6 Å². The Morgan fingerprint density at radius 3 is 2.68 bits per heavy atom. The van der Waals surface area contributed by atoms with Crippen molar-refractivity contribution in [1.29, 1.82) is 0 Å². The van der Waals surface area contributed by atoms with Crippen molar-refractivity contribution in [3.8, 4) is 0 Å². The number of urea groups is 1. The highest BCUT2D eigenvalue weighted by Crippen LogP contribution is 2.12. The standard InChI is InChI=1S/C13H17FN2O3/c1-16(9-5-8-12(17)19-2)13(18)15-11-7-4-3-6-10(11)14/h3-4,6-7H,5,8-9H2,1-2H3,(H,15,18). The van der Waals surface area contributed by atoms with Gasteiger partial charge in [-0.25, -0.2) is 9.18 Å². The fourth-order valence-corrected chi connectivity index (χ4v) is 1.44. The summed E-state index contributed by atoms with van der Waals surface area (Å²) in [6.45, 7) is 0.384. The normalized spacial score (nSPS) is 9.84. The molecule has 0 aromatic heterocycles. The van der Waals surface area contributed by atoms with E-state index in [1.807, 2.05) is 0 Å². The second-order valence-electron chi connectivity index (χ2n) is 4.01. The summed E-state index contributed by atoms with van der Waals surface area (Å²) < 4.78 is 17.8. The quantitative estimate of drug-likeness (QED) is 0.833. The van der Waals surface area contributed by atoms with E-state index < -0.39 is 11.8 Å². The molecule has 5 nitrogen and oxygen atoms in total. The summed E-state index contributed by atoms with van der Waals surface area (Å²) in [6, 6.07) is 5.51. The number of nitrogens with one attached hydrogen (secondary N) is 1. The monoisotopic (exact) mass is 268 g/mol. The number of carbonyl (C=O) groups excluding carboxylic acids is 2. The number of carbonyl (C=O) groups is 2. The molecule has 1 N–H and O–H groups in total. The molecule has 6 heteroatoms. The summed E-state index contributed by atoms with van der Waals surface area (Å²) in [4.78, 5) is 24.0. The first-order chi connectivity index (χ1) is 9.04. The molecule has 104 valence electrons. The van der Waals surface area contributed by atoms with Gasteiger partial charge in [-0.2, -0.15) is 0 Å². The minimum atomic E-state index is -0.487. The topological polar surface area (TPSA) is 58.6 Å². The first-order valence-electron chi connectivity index (χ1n) is 5.88. The lowest BCUT2D eigenvalue weighted by Gasteiger charge is -2.17. The highest BCUT2D eigenvalue weighted by Gasteiger charge is 2.11. The maximum atomic E-state index is 13.3. The van der Waals surface area contributed by atoms with Crippen LogP contribution in [0.1, 0.15) is 12.8 Å². The number of amides is 2. The van der Waals surface area contributed by atoms with Crippen LogP contribution in [-0.4, -0.2) is 37.6 Å². The van der Waals surface area contributed by atoms with Crippen molar-refractivity contribution in [2.45, 2.75) is 12.8 Å². The van der Waals surface area contributed by atoms with E-state index in [0.717, 1.165) is 0 Å². The van der Waals surface area contributed by atoms with Gasteiger partial charge >= 0.3 is 12.0 Å². The molecule has 0 bridgehead atoms. The van der Waals surface area contributed by atoms with Crippen LogP contribution in [0.15, 0.2) is 24.3 Å². The molecule has 0 unspecified atom stereocenters. The van der Waals surface area contributed by atoms with E-state index in [-0.39, 0.29) is 18.1 Å². The largest absolute Gasteiger partial charge is 0.469 e. The third kappa shape index (κ3) is 4.95. The van der Waals surface area contributed by atoms with Gasteiger partial charge in [0.2, 0.25) is 0 Å². The smallest absolute Gasteiger partial charge is 0.321 e. The predicted octanol–water partition coefficient (Wildman–Crippen LogP) is 2.24. The van der Waals surface area contributed by atoms with E-state index in [1.165, 1.54) is 24.1 Å². The van der Waals surface area contributed by atoms with Gasteiger partial charge in [-0.3, -0.25) is 4.79 Å². The summed E-state index contributed by atoms with van der Waals surface area (Å²) in [5.41, 5.74) is 0.132. The lowest BCUT2D eigenvalue weighted by molar-refractivity contribution is -0.140. The van der Waals surface area contributed by atoms with Crippen LogP contribution in [0.25, 0.3) is 0 Å². The Morgan fingerprint density at radius 2 is 2.05 bits per heavy atom. The van der Waals surface area contributed by atoms with Gasteiger partial charge in [0.05, 0.1) is 12.8 Å². The zero-order chi connectivity index (χ0) is 14.3. The predicted molar refractivity (Wildman–Crippen MR) is 69.3 cm³/mol. The summed E-state index contributed by atoms with van der Waals surface area (Å²) in [6.07, 6.45) is 0.738. The molecule has 19 heavy (non-hydrogen) atoms. The number of ether oxygens (including phenoxy) is 1. The number of halogens is 1. The third-order valence-electron chi connectivity index (χ3n) is 2.56. The molecule has 2 amide bonds. The number of methoxy groups -OCH3 is 1. The molecule has 0 saturated carbocycles. The number of para-hydroxylation sites is 1. The first-order valence-corrected chi connectivity index (χ1v) is 5.88. The maximum absolute atomic E-state index is 13.3. The number of anilines is 1. The summed E-state index contributed by atoms with van der Waals surface area (Å²) in [5.74, 6) is -0.804. The molecule has 0 radical (unpaired) electrons. The van der Waals surface area contributed by atoms with Crippen molar-refractivity contribution in [3.05, 3.63) is 30.1 Å². The van der Waals surface area contributed by atoms with Crippen LogP contribution < -0.4 is 5.32 Å². The van der Waals surface area contributed by atoms with Crippen LogP contribution in [0.5, 0.6) is 0 Å². The molecule has 0 aliphatic rings. The van der Waals surface area contributed by atoms with E-state index in [2.05, 4.69) is 10.1 Å². The number of rotatable bonds is 5. The summed E-state index contributed by atoms with van der Waals surface area (Å²) in [5, 5.41) is 2.46. The average molecular weight is 268 g/mol. The molecule has 0 aliphatic heterocycles. The molecule has 1 rings (SSSR count). The van der Waals surface area contributed by atoms with Gasteiger partial charge in [0.1, 0.15) is 5.82 Å². The highest BCUT2D eigenvalue weighted by molar-refractivity contribution is 5.89. The molecule has 0 spiro atoms. The first kappa shape index (κ1) is 14.9. The SMILES string of the molecule is COC(=O)CCCN(C)C(=O)Nc1ccccc1F. The van der Waals surface area contributed by atoms with Crippen molar-refractivity contribution in [3.63, 3.8) is 0 Å². The minimum Gasteiger partial charge on any atom is -0.469 e. The van der Waals surface area contributed by atoms with Crippen LogP contribution in [0, 0.1) is 5.82 Å². The van der Waals surface area contributed by atoms with Crippen molar-refractivity contribution < 1.29 is 18.7 Å². The Hall–Kier alpha value is -2.11. The third-order valence-corrected chi connectivity index (χ3v) is 2.56. The zero-order valence-electron chi connectivity index (χ0n) is 11.0. The van der Waals surface area contributed by atoms with Crippen molar-refractivity contribution in [2.24, 2.45) is 0 Å². The second-order valence-corrected chi connectivity index (χ2v) is 4.01. The summed E-state index contributed by atoms with van der Waals surface area (Å²) in [7, 11) is 2.89. The van der Waals surface area contributed by atoms with Gasteiger partial charge in [0.15, 0.2) is 0 Å². The number of benzene rings is 1. The molecule has 0 saturated heterocycles. The molecular weight excluding hydrogens is 251 g/mol. The molecule has 1 aromatic rings. The zero-order valence-corrected chi connectivity index (χ0v) is 11.0. The lowest BCUT2D eigenvalue weighted by atomic mass is 10.3. The van der Waals surface area contributed by atoms with E-state index in [1.54, 1.807) is 19.2 Å². The van der Waals surface area contributed by atoms with Crippen LogP contribution in [0.4, 0.5) is 14.9 Å². The molecule has 0 aliphatic carbocycles. The summed E-state index contributed by atoms with van der Waals surface area (Å²) >= 11 is 0. The maximum Gasteiger partial charge on any atom is 0.321 e. The van der Waals surface area contributed by atoms with Gasteiger partial charge < -0.3 is 15.0 Å². The number of hydrogen-bond donors (Lipinski definition) is 1. The highest BCUT2D eigenvalue weighted by atomic mass is 19.1. The molecule has 0 fully saturated rings. The van der Waals surface area contributed by atoms with E-state index in [9.17, 15) is 14.0 Å². The Kier molecular flexibility index (Phi) is 5.78. The molecule has 0 atom stereocenters. The van der Waals surface area contributed by atoms with Gasteiger partial charge in [0.25, 0.3) is 0 Å². The van der Waals surface area contributed by atoms with Gasteiger partial charge in [-0.15, -0.1) is 0 Å². The molecule has 1 aromatic carbocycles. The van der Waals surface area contributed by atoms with Crippen LogP contribution in [0.3, 0.4) is 0 Å². The fourth-order valence-electron chi connectivity index (χ4n) is 1.44. The number of nitrogens with zero attached hydrogens (tertiary/aromatic N) is 1. The van der Waals surface area contributed by atoms with E-state index in [0.29, 0.717) is 13.0 Å². The van der Waals surface area contributed by atoms with Crippen LogP contribution >= 0.6 is 0 Å². The second kappa shape index (κ2) is 7.35. The lowest BCUT2D eigenvalue weighted by Crippen LogP contribution is -2.32. The Labute approximate surface area is 111 Å². The Bertz CT molecular complexity index is 451. The van der Waals surface area contributed by atoms with Gasteiger partial charge in [-0.1, -0.05) is 12.1 Å². The van der Waals surface area contributed by atoms with Gasteiger partial charge in [0, 0.05) is 20.0 Å². The number of esters is 1. The Balaban J connectivity index is 2.41. The van der Waals surface area contributed by atoms with Crippen LogP contribution in [-0.2, 0) is 9.53 Å². The molecule has 0 heterocycles. The van der Waals surface area contributed by atoms with E-state index in [4.69, 9.17) is 0 Å². The fraction of sp³-hybridized carbons (Fsp3) is 0.385. The van der Waals surface area contributed by atoms with Crippen molar-refractivity contribution in [2.75, 3.05) is 26.0 Å². The van der Waals surface area contributed by atoms with Crippen molar-refractivity contribution >= 4 is 17.7 Å². The average Bonchev–Trinajstić information content (AvgIpc) is 2.40.